The first-order valence-corrected chi connectivity index (χ1v) is 11.9. The quantitative estimate of drug-likeness (QED) is 0.435. The van der Waals surface area contributed by atoms with Crippen LogP contribution in [0.4, 0.5) is 0 Å². The summed E-state index contributed by atoms with van der Waals surface area (Å²) in [6.45, 7) is 0. The van der Waals surface area contributed by atoms with Crippen LogP contribution in [0.3, 0.4) is 0 Å². The lowest BCUT2D eigenvalue weighted by molar-refractivity contribution is -0.114. The van der Waals surface area contributed by atoms with E-state index in [0.717, 1.165) is 34.4 Å². The van der Waals surface area contributed by atoms with E-state index in [1.807, 2.05) is 30.3 Å². The molecule has 0 fully saturated rings. The van der Waals surface area contributed by atoms with E-state index in [4.69, 9.17) is 9.83 Å². The van der Waals surface area contributed by atoms with Crippen LogP contribution >= 0.6 is 23.7 Å². The number of thioether (sulfide) groups is 1. The summed E-state index contributed by atoms with van der Waals surface area (Å²) in [6, 6.07) is 13.4. The number of nitrogens with zero attached hydrogens (tertiary/aromatic N) is 3. The number of hydrogen-bond donors (Lipinski definition) is 1. The average molecular weight is 447 g/mol. The number of carbonyl (C=O) groups is 1. The Morgan fingerprint density at radius 1 is 1.24 bits per heavy atom. The van der Waals surface area contributed by atoms with Crippen LogP contribution in [-0.4, -0.2) is 41.7 Å². The summed E-state index contributed by atoms with van der Waals surface area (Å²) in [4.78, 5) is 17.2. The fourth-order valence-corrected chi connectivity index (χ4v) is 5.26. The zero-order chi connectivity index (χ0) is 20.6. The number of nitrogens with one attached hydrogen (secondary N) is 1. The van der Waals surface area contributed by atoms with Gasteiger partial charge in [-0.3, -0.25) is 10.2 Å². The van der Waals surface area contributed by atoms with Crippen LogP contribution in [0, 0.1) is 5.41 Å². The molecule has 0 saturated carbocycles. The molecule has 0 radical (unpaired) electrons. The van der Waals surface area contributed by atoms with Crippen molar-refractivity contribution in [1.82, 2.24) is 4.90 Å². The summed E-state index contributed by atoms with van der Waals surface area (Å²) in [5.74, 6) is 0.154. The van der Waals surface area contributed by atoms with Gasteiger partial charge < -0.3 is 4.42 Å². The van der Waals surface area contributed by atoms with E-state index in [1.54, 1.807) is 12.1 Å². The Hall–Kier alpha value is -2.63. The first-order valence-electron chi connectivity index (χ1n) is 8.28. The number of furan rings is 1. The highest BCUT2D eigenvalue weighted by molar-refractivity contribution is 8.16. The van der Waals surface area contributed by atoms with Crippen LogP contribution in [0.5, 0.6) is 0 Å². The van der Waals surface area contributed by atoms with Gasteiger partial charge in [0, 0.05) is 12.0 Å². The summed E-state index contributed by atoms with van der Waals surface area (Å²) in [5, 5.41) is 8.71. The molecule has 11 heteroatoms. The fraction of sp³-hybridized carbons (Fsp3) is 0.111. The minimum absolute atomic E-state index is 0.0520. The first kappa shape index (κ1) is 19.7. The summed E-state index contributed by atoms with van der Waals surface area (Å²) < 4.78 is 33.4. The van der Waals surface area contributed by atoms with Crippen molar-refractivity contribution in [3.8, 4) is 0 Å². The van der Waals surface area contributed by atoms with Gasteiger partial charge in [0.1, 0.15) is 11.6 Å². The average Bonchev–Trinajstić information content (AvgIpc) is 3.31. The van der Waals surface area contributed by atoms with Crippen LogP contribution in [0.15, 0.2) is 66.9 Å². The highest BCUT2D eigenvalue weighted by Gasteiger charge is 2.41. The van der Waals surface area contributed by atoms with Gasteiger partial charge in [0.2, 0.25) is 20.2 Å². The third kappa shape index (κ3) is 4.07. The molecule has 4 rings (SSSR count). The van der Waals surface area contributed by atoms with E-state index >= 15 is 0 Å². The number of sulfone groups is 1. The molecule has 0 spiro atoms. The molecule has 8 nitrogen and oxygen atoms in total. The van der Waals surface area contributed by atoms with Crippen LogP contribution in [0.25, 0.3) is 6.08 Å². The van der Waals surface area contributed by atoms with Crippen LogP contribution in [0.1, 0.15) is 11.3 Å². The van der Waals surface area contributed by atoms with E-state index in [0.29, 0.717) is 10.9 Å². The molecule has 3 heterocycles. The highest BCUT2D eigenvalue weighted by atomic mass is 32.2. The Kier molecular flexibility index (Phi) is 5.19. The standard InChI is InChI=1S/C18H14N4O4S3/c1-29(24,25)18-21-28-17-20-16(23)13(15(19)22(17)18)9-12-7-8-14(26-12)27-10-11-5-3-2-4-6-11/h2-9,19H,10H2,1H3/b13-9-,19-15?. The summed E-state index contributed by atoms with van der Waals surface area (Å²) >= 11 is 2.26. The minimum atomic E-state index is -3.68. The van der Waals surface area contributed by atoms with Gasteiger partial charge in [-0.15, -0.1) is 0 Å². The lowest BCUT2D eigenvalue weighted by Crippen LogP contribution is -2.45. The second-order valence-corrected chi connectivity index (χ2v) is 9.73. The number of rotatable bonds is 4. The number of fused-ring (bicyclic) bond motifs is 1. The van der Waals surface area contributed by atoms with E-state index in [2.05, 4.69) is 9.39 Å². The molecule has 1 aromatic carbocycles. The van der Waals surface area contributed by atoms with Gasteiger partial charge in [0.15, 0.2) is 5.09 Å². The number of amides is 1. The smallest absolute Gasteiger partial charge is 0.283 e. The molecule has 0 saturated heterocycles. The molecule has 2 aliphatic heterocycles. The summed E-state index contributed by atoms with van der Waals surface area (Å²) in [6.07, 6.45) is 2.38. The van der Waals surface area contributed by atoms with Crippen molar-refractivity contribution in [2.45, 2.75) is 10.8 Å². The fourth-order valence-electron chi connectivity index (χ4n) is 2.60. The van der Waals surface area contributed by atoms with Crippen LogP contribution in [-0.2, 0) is 20.4 Å². The maximum atomic E-state index is 12.3. The molecular weight excluding hydrogens is 432 g/mol. The number of aliphatic imine (C=N–C) groups is 1. The van der Waals surface area contributed by atoms with E-state index < -0.39 is 15.7 Å². The Morgan fingerprint density at radius 3 is 2.72 bits per heavy atom. The maximum Gasteiger partial charge on any atom is 0.283 e. The highest BCUT2D eigenvalue weighted by Crippen LogP contribution is 2.31. The topological polar surface area (TPSA) is 116 Å². The SMILES string of the molecule is CS(=O)(=O)C1=NSC2=NC(=O)/C(=C\c3ccc(SCc4ccccc4)o3)C(=N)N21. The van der Waals surface area contributed by atoms with Crippen molar-refractivity contribution in [2.75, 3.05) is 6.26 Å². The van der Waals surface area contributed by atoms with Crippen molar-refractivity contribution in [2.24, 2.45) is 9.39 Å². The molecule has 1 amide bonds. The molecule has 0 unspecified atom stereocenters. The Labute approximate surface area is 175 Å². The molecule has 0 aliphatic carbocycles. The lowest BCUT2D eigenvalue weighted by atomic mass is 10.1. The van der Waals surface area contributed by atoms with Crippen molar-refractivity contribution < 1.29 is 17.6 Å². The van der Waals surface area contributed by atoms with E-state index in [9.17, 15) is 13.2 Å². The van der Waals surface area contributed by atoms with Crippen molar-refractivity contribution in [3.05, 3.63) is 59.4 Å². The van der Waals surface area contributed by atoms with Crippen LogP contribution < -0.4 is 0 Å². The van der Waals surface area contributed by atoms with Crippen molar-refractivity contribution >= 4 is 61.7 Å². The van der Waals surface area contributed by atoms with Gasteiger partial charge in [-0.05, 0) is 23.8 Å². The number of hydrogen-bond acceptors (Lipinski definition) is 8. The molecule has 0 bridgehead atoms. The molecule has 2 aliphatic rings. The summed E-state index contributed by atoms with van der Waals surface area (Å²) in [7, 11) is -3.68. The van der Waals surface area contributed by atoms with Gasteiger partial charge in [0.05, 0.1) is 17.5 Å². The first-order chi connectivity index (χ1) is 13.8. The molecule has 29 heavy (non-hydrogen) atoms. The van der Waals surface area contributed by atoms with Gasteiger partial charge >= 0.3 is 0 Å². The van der Waals surface area contributed by atoms with Gasteiger partial charge in [-0.1, -0.05) is 42.1 Å². The largest absolute Gasteiger partial charge is 0.450 e. The lowest BCUT2D eigenvalue weighted by Gasteiger charge is -2.23. The van der Waals surface area contributed by atoms with Crippen molar-refractivity contribution in [3.63, 3.8) is 0 Å². The molecule has 1 N–H and O–H groups in total. The monoisotopic (exact) mass is 446 g/mol. The molecule has 1 aromatic heterocycles. The predicted molar refractivity (Wildman–Crippen MR) is 115 cm³/mol. The molecule has 0 atom stereocenters. The zero-order valence-electron chi connectivity index (χ0n) is 15.0. The second kappa shape index (κ2) is 7.65. The van der Waals surface area contributed by atoms with E-state index in [-0.39, 0.29) is 21.7 Å². The molecular formula is C18H14N4O4S3. The normalized spacial score (nSPS) is 18.1. The van der Waals surface area contributed by atoms with E-state index in [1.165, 1.54) is 17.8 Å². The number of carbonyl (C=O) groups excluding carboxylic acids is 1. The third-order valence-corrected chi connectivity index (χ3v) is 6.67. The van der Waals surface area contributed by atoms with Gasteiger partial charge in [0.25, 0.3) is 5.91 Å². The molecule has 148 valence electrons. The Balaban J connectivity index is 1.56. The summed E-state index contributed by atoms with van der Waals surface area (Å²) in [5.41, 5.74) is 1.08. The molecule has 2 aromatic rings. The minimum Gasteiger partial charge on any atom is -0.450 e. The Bertz CT molecular complexity index is 1200. The number of benzene rings is 1. The number of amidine groups is 3. The van der Waals surface area contributed by atoms with Gasteiger partial charge in [-0.2, -0.15) is 9.39 Å². The Morgan fingerprint density at radius 2 is 2.00 bits per heavy atom. The second-order valence-electron chi connectivity index (χ2n) is 6.11. The zero-order valence-corrected chi connectivity index (χ0v) is 17.5. The third-order valence-electron chi connectivity index (χ3n) is 3.94. The van der Waals surface area contributed by atoms with Crippen molar-refractivity contribution in [1.29, 1.82) is 5.41 Å². The van der Waals surface area contributed by atoms with Crippen LogP contribution in [0.2, 0.25) is 0 Å². The maximum absolute atomic E-state index is 12.3. The van der Waals surface area contributed by atoms with Gasteiger partial charge in [-0.25, -0.2) is 13.3 Å². The predicted octanol–water partition coefficient (Wildman–Crippen LogP) is 3.19.